The van der Waals surface area contributed by atoms with Gasteiger partial charge in [-0.05, 0) is 85.2 Å². The van der Waals surface area contributed by atoms with E-state index in [1.54, 1.807) is 0 Å². The molecular formula is C24H31N3O. The number of fused-ring (bicyclic) bond motifs is 1. The molecule has 0 aliphatic heterocycles. The van der Waals surface area contributed by atoms with Gasteiger partial charge in [0.2, 0.25) is 0 Å². The molecule has 0 bridgehead atoms. The Morgan fingerprint density at radius 3 is 2.39 bits per heavy atom. The predicted octanol–water partition coefficient (Wildman–Crippen LogP) is 4.83. The van der Waals surface area contributed by atoms with Crippen LogP contribution in [0.15, 0.2) is 42.5 Å². The molecule has 0 heterocycles. The standard InChI is InChI=1S/C24H31N3O/c1-15-22(27(4)14-16-5-6-16)23(28)20-12-11-19(13-21(20)24(15,2)3)26-18-9-7-17(25)8-10-18/h7-13,15-16,22,26H,5-6,14,25H2,1-4H3/t15-,22?/m0/s1. The van der Waals surface area contributed by atoms with Crippen molar-refractivity contribution in [2.45, 2.75) is 45.1 Å². The van der Waals surface area contributed by atoms with E-state index in [2.05, 4.69) is 44.1 Å². The Morgan fingerprint density at radius 2 is 1.75 bits per heavy atom. The molecule has 28 heavy (non-hydrogen) atoms. The number of ketones is 1. The first-order chi connectivity index (χ1) is 13.3. The second-order valence-corrected chi connectivity index (χ2v) is 9.21. The van der Waals surface area contributed by atoms with Gasteiger partial charge in [-0.1, -0.05) is 20.8 Å². The lowest BCUT2D eigenvalue weighted by atomic mass is 9.63. The van der Waals surface area contributed by atoms with Crippen LogP contribution in [0.2, 0.25) is 0 Å². The van der Waals surface area contributed by atoms with Crippen LogP contribution < -0.4 is 11.1 Å². The monoisotopic (exact) mass is 377 g/mol. The van der Waals surface area contributed by atoms with Crippen molar-refractivity contribution in [1.82, 2.24) is 4.90 Å². The summed E-state index contributed by atoms with van der Waals surface area (Å²) >= 11 is 0. The Balaban J connectivity index is 1.65. The lowest BCUT2D eigenvalue weighted by Gasteiger charge is -2.46. The SMILES string of the molecule is C[C@H]1C(N(C)CC2CC2)C(=O)c2ccc(Nc3ccc(N)cc3)cc2C1(C)C. The summed E-state index contributed by atoms with van der Waals surface area (Å²) in [5.74, 6) is 1.30. The van der Waals surface area contributed by atoms with E-state index in [4.69, 9.17) is 5.73 Å². The number of nitrogens with zero attached hydrogens (tertiary/aromatic N) is 1. The summed E-state index contributed by atoms with van der Waals surface area (Å²) in [5.41, 5.74) is 10.5. The highest BCUT2D eigenvalue weighted by Gasteiger charge is 2.46. The topological polar surface area (TPSA) is 58.4 Å². The van der Waals surface area contributed by atoms with E-state index in [-0.39, 0.29) is 23.2 Å². The number of nitrogens with one attached hydrogen (secondary N) is 1. The highest BCUT2D eigenvalue weighted by atomic mass is 16.1. The maximum Gasteiger partial charge on any atom is 0.180 e. The van der Waals surface area contributed by atoms with E-state index in [9.17, 15) is 4.79 Å². The molecule has 0 saturated heterocycles. The van der Waals surface area contributed by atoms with Gasteiger partial charge in [-0.15, -0.1) is 0 Å². The van der Waals surface area contributed by atoms with Gasteiger partial charge in [0.15, 0.2) is 5.78 Å². The quantitative estimate of drug-likeness (QED) is 0.733. The molecule has 0 amide bonds. The molecule has 3 N–H and O–H groups in total. The molecule has 2 aliphatic carbocycles. The number of hydrogen-bond acceptors (Lipinski definition) is 4. The molecule has 1 saturated carbocycles. The third-order valence-corrected chi connectivity index (χ3v) is 6.78. The van der Waals surface area contributed by atoms with Crippen LogP contribution in [0.4, 0.5) is 17.1 Å². The largest absolute Gasteiger partial charge is 0.399 e. The molecule has 1 fully saturated rings. The maximum absolute atomic E-state index is 13.4. The van der Waals surface area contributed by atoms with Crippen molar-refractivity contribution >= 4 is 22.8 Å². The number of nitrogen functional groups attached to an aromatic ring is 1. The minimum atomic E-state index is -0.0788. The number of nitrogens with two attached hydrogens (primary N) is 1. The third-order valence-electron chi connectivity index (χ3n) is 6.78. The lowest BCUT2D eigenvalue weighted by molar-refractivity contribution is 0.0650. The summed E-state index contributed by atoms with van der Waals surface area (Å²) < 4.78 is 0. The second-order valence-electron chi connectivity index (χ2n) is 9.21. The summed E-state index contributed by atoms with van der Waals surface area (Å²) in [6, 6.07) is 13.8. The molecule has 4 nitrogen and oxygen atoms in total. The fraction of sp³-hybridized carbons (Fsp3) is 0.458. The van der Waals surface area contributed by atoms with Crippen LogP contribution in [0, 0.1) is 11.8 Å². The first-order valence-corrected chi connectivity index (χ1v) is 10.3. The van der Waals surface area contributed by atoms with Crippen LogP contribution in [0.25, 0.3) is 0 Å². The van der Waals surface area contributed by atoms with Crippen molar-refractivity contribution in [3.8, 4) is 0 Å². The second kappa shape index (κ2) is 6.93. The number of likely N-dealkylation sites (N-methyl/N-ethyl adjacent to an activating group) is 1. The van der Waals surface area contributed by atoms with Crippen molar-refractivity contribution in [1.29, 1.82) is 0 Å². The minimum Gasteiger partial charge on any atom is -0.399 e. The van der Waals surface area contributed by atoms with Gasteiger partial charge >= 0.3 is 0 Å². The van der Waals surface area contributed by atoms with E-state index in [0.29, 0.717) is 0 Å². The maximum atomic E-state index is 13.4. The van der Waals surface area contributed by atoms with Crippen LogP contribution in [0.1, 0.15) is 49.5 Å². The number of anilines is 3. The summed E-state index contributed by atoms with van der Waals surface area (Å²) in [6.45, 7) is 7.81. The molecule has 2 aliphatic rings. The molecule has 1 unspecified atom stereocenters. The Hall–Kier alpha value is -2.33. The summed E-state index contributed by atoms with van der Waals surface area (Å²) in [5, 5.41) is 3.44. The first-order valence-electron chi connectivity index (χ1n) is 10.3. The Morgan fingerprint density at radius 1 is 1.11 bits per heavy atom. The van der Waals surface area contributed by atoms with Crippen LogP contribution in [-0.4, -0.2) is 30.3 Å². The average Bonchev–Trinajstić information content (AvgIpc) is 3.46. The molecule has 148 valence electrons. The fourth-order valence-electron chi connectivity index (χ4n) is 4.53. The van der Waals surface area contributed by atoms with Crippen molar-refractivity contribution in [3.05, 3.63) is 53.6 Å². The van der Waals surface area contributed by atoms with Gasteiger partial charge in [0, 0.05) is 29.2 Å². The van der Waals surface area contributed by atoms with E-state index in [1.165, 1.54) is 12.8 Å². The van der Waals surface area contributed by atoms with Gasteiger partial charge in [0.05, 0.1) is 6.04 Å². The predicted molar refractivity (Wildman–Crippen MR) is 116 cm³/mol. The van der Waals surface area contributed by atoms with Gasteiger partial charge in [-0.3, -0.25) is 9.69 Å². The van der Waals surface area contributed by atoms with E-state index >= 15 is 0 Å². The lowest BCUT2D eigenvalue weighted by Crippen LogP contribution is -2.53. The van der Waals surface area contributed by atoms with Crippen molar-refractivity contribution in [3.63, 3.8) is 0 Å². The van der Waals surface area contributed by atoms with Crippen LogP contribution in [-0.2, 0) is 5.41 Å². The Kier molecular flexibility index (Phi) is 4.70. The van der Waals surface area contributed by atoms with Crippen molar-refractivity contribution < 1.29 is 4.79 Å². The minimum absolute atomic E-state index is 0.0426. The molecule has 0 aromatic heterocycles. The van der Waals surface area contributed by atoms with Crippen molar-refractivity contribution in [2.24, 2.45) is 11.8 Å². The van der Waals surface area contributed by atoms with Crippen molar-refractivity contribution in [2.75, 3.05) is 24.6 Å². The normalized spacial score (nSPS) is 23.5. The number of benzene rings is 2. The third kappa shape index (κ3) is 3.42. The molecule has 4 heteroatoms. The molecule has 2 atom stereocenters. The van der Waals surface area contributed by atoms with Crippen LogP contribution in [0.5, 0.6) is 0 Å². The zero-order chi connectivity index (χ0) is 20.1. The molecular weight excluding hydrogens is 346 g/mol. The number of Topliss-reactive ketones (excluding diaryl/α,β-unsaturated/α-hetero) is 1. The van der Waals surface area contributed by atoms with Gasteiger partial charge in [-0.25, -0.2) is 0 Å². The Labute approximate surface area is 168 Å². The first kappa shape index (κ1) is 19.0. The molecule has 0 spiro atoms. The zero-order valence-electron chi connectivity index (χ0n) is 17.3. The highest BCUT2D eigenvalue weighted by molar-refractivity contribution is 6.03. The smallest absolute Gasteiger partial charge is 0.180 e. The molecule has 2 aromatic rings. The average molecular weight is 378 g/mol. The number of hydrogen-bond donors (Lipinski definition) is 2. The van der Waals surface area contributed by atoms with Crippen LogP contribution >= 0.6 is 0 Å². The number of carbonyl (C=O) groups excluding carboxylic acids is 1. The zero-order valence-corrected chi connectivity index (χ0v) is 17.3. The summed E-state index contributed by atoms with van der Waals surface area (Å²) in [4.78, 5) is 15.7. The fourth-order valence-corrected chi connectivity index (χ4v) is 4.53. The Bertz CT molecular complexity index is 883. The molecule has 2 aromatic carbocycles. The van der Waals surface area contributed by atoms with E-state index in [0.717, 1.165) is 40.7 Å². The number of carbonyl (C=O) groups is 1. The van der Waals surface area contributed by atoms with Gasteiger partial charge in [-0.2, -0.15) is 0 Å². The van der Waals surface area contributed by atoms with E-state index in [1.807, 2.05) is 36.4 Å². The molecule has 4 rings (SSSR count). The van der Waals surface area contributed by atoms with Gasteiger partial charge in [0.25, 0.3) is 0 Å². The summed E-state index contributed by atoms with van der Waals surface area (Å²) in [6.07, 6.45) is 2.61. The van der Waals surface area contributed by atoms with Gasteiger partial charge < -0.3 is 11.1 Å². The highest BCUT2D eigenvalue weighted by Crippen LogP contribution is 2.44. The van der Waals surface area contributed by atoms with Gasteiger partial charge in [0.1, 0.15) is 0 Å². The number of rotatable bonds is 5. The van der Waals surface area contributed by atoms with E-state index < -0.39 is 0 Å². The summed E-state index contributed by atoms with van der Waals surface area (Å²) in [7, 11) is 2.12. The van der Waals surface area contributed by atoms with Crippen LogP contribution in [0.3, 0.4) is 0 Å². The molecule has 0 radical (unpaired) electrons.